The quantitative estimate of drug-likeness (QED) is 0.626. The zero-order chi connectivity index (χ0) is 19.1. The first kappa shape index (κ1) is 18.4. The van der Waals surface area contributed by atoms with Crippen LogP contribution in [0.1, 0.15) is 29.7 Å². The molecule has 1 unspecified atom stereocenters. The summed E-state index contributed by atoms with van der Waals surface area (Å²) in [7, 11) is 0. The fraction of sp³-hybridized carbons (Fsp3) is 0.130. The molecular formula is C23H22N2O2. The molecule has 0 fully saturated rings. The van der Waals surface area contributed by atoms with Gasteiger partial charge in [0.05, 0.1) is 6.04 Å². The molecule has 0 saturated carbocycles. The third-order valence-electron chi connectivity index (χ3n) is 4.07. The highest BCUT2D eigenvalue weighted by atomic mass is 16.5. The highest BCUT2D eigenvalue weighted by molar-refractivity contribution is 5.92. The normalized spacial score (nSPS) is 11.9. The molecule has 4 nitrogen and oxygen atoms in total. The van der Waals surface area contributed by atoms with Crippen molar-refractivity contribution in [2.24, 2.45) is 0 Å². The SMILES string of the molecule is Cc1cccc(C=CC(=O)NC(C)c2cccc(Oc3ccncc3)c2)c1. The van der Waals surface area contributed by atoms with Gasteiger partial charge in [-0.25, -0.2) is 0 Å². The van der Waals surface area contributed by atoms with E-state index in [0.29, 0.717) is 0 Å². The molecule has 0 spiro atoms. The van der Waals surface area contributed by atoms with E-state index < -0.39 is 0 Å². The van der Waals surface area contributed by atoms with Gasteiger partial charge >= 0.3 is 0 Å². The van der Waals surface area contributed by atoms with Crippen LogP contribution in [0.5, 0.6) is 11.5 Å². The van der Waals surface area contributed by atoms with Gasteiger partial charge in [0.15, 0.2) is 0 Å². The van der Waals surface area contributed by atoms with Crippen LogP contribution in [0.4, 0.5) is 0 Å². The number of ether oxygens (including phenoxy) is 1. The summed E-state index contributed by atoms with van der Waals surface area (Å²) in [5.74, 6) is 1.31. The lowest BCUT2D eigenvalue weighted by Gasteiger charge is -2.14. The number of hydrogen-bond acceptors (Lipinski definition) is 3. The van der Waals surface area contributed by atoms with E-state index in [4.69, 9.17) is 4.74 Å². The Bertz CT molecular complexity index is 936. The number of pyridine rings is 1. The second-order valence-electron chi connectivity index (χ2n) is 6.34. The maximum atomic E-state index is 12.2. The number of benzene rings is 2. The molecule has 1 aromatic heterocycles. The first-order valence-corrected chi connectivity index (χ1v) is 8.83. The summed E-state index contributed by atoms with van der Waals surface area (Å²) in [5, 5.41) is 2.98. The molecular weight excluding hydrogens is 336 g/mol. The van der Waals surface area contributed by atoms with E-state index in [1.807, 2.05) is 68.5 Å². The summed E-state index contributed by atoms with van der Waals surface area (Å²) in [5.41, 5.74) is 3.14. The first-order chi connectivity index (χ1) is 13.1. The van der Waals surface area contributed by atoms with Crippen LogP contribution in [0.25, 0.3) is 6.08 Å². The second-order valence-corrected chi connectivity index (χ2v) is 6.34. The van der Waals surface area contributed by atoms with Crippen LogP contribution in [0.2, 0.25) is 0 Å². The lowest BCUT2D eigenvalue weighted by molar-refractivity contribution is -0.117. The van der Waals surface area contributed by atoms with E-state index in [0.717, 1.165) is 28.2 Å². The fourth-order valence-corrected chi connectivity index (χ4v) is 2.68. The summed E-state index contributed by atoms with van der Waals surface area (Å²) >= 11 is 0. The van der Waals surface area contributed by atoms with Crippen LogP contribution in [-0.2, 0) is 4.79 Å². The second kappa shape index (κ2) is 8.81. The summed E-state index contributed by atoms with van der Waals surface area (Å²) in [4.78, 5) is 16.2. The largest absolute Gasteiger partial charge is 0.457 e. The molecule has 0 saturated heterocycles. The highest BCUT2D eigenvalue weighted by Gasteiger charge is 2.09. The fourth-order valence-electron chi connectivity index (χ4n) is 2.68. The van der Waals surface area contributed by atoms with E-state index in [9.17, 15) is 4.79 Å². The molecule has 3 aromatic rings. The van der Waals surface area contributed by atoms with Gasteiger partial charge in [-0.2, -0.15) is 0 Å². The molecule has 4 heteroatoms. The molecule has 0 radical (unpaired) electrons. The van der Waals surface area contributed by atoms with Gasteiger partial charge in [-0.15, -0.1) is 0 Å². The Morgan fingerprint density at radius 1 is 1.04 bits per heavy atom. The Morgan fingerprint density at radius 2 is 1.81 bits per heavy atom. The third-order valence-corrected chi connectivity index (χ3v) is 4.07. The van der Waals surface area contributed by atoms with Gasteiger partial charge in [-0.1, -0.05) is 42.0 Å². The molecule has 0 aliphatic carbocycles. The zero-order valence-corrected chi connectivity index (χ0v) is 15.4. The third kappa shape index (κ3) is 5.54. The van der Waals surface area contributed by atoms with Crippen LogP contribution in [-0.4, -0.2) is 10.9 Å². The molecule has 1 heterocycles. The van der Waals surface area contributed by atoms with Crippen LogP contribution >= 0.6 is 0 Å². The first-order valence-electron chi connectivity index (χ1n) is 8.83. The molecule has 27 heavy (non-hydrogen) atoms. The predicted octanol–water partition coefficient (Wildman–Crippen LogP) is 5.07. The summed E-state index contributed by atoms with van der Waals surface area (Å²) in [6.07, 6.45) is 6.74. The topological polar surface area (TPSA) is 51.2 Å². The maximum absolute atomic E-state index is 12.2. The Morgan fingerprint density at radius 3 is 2.59 bits per heavy atom. The van der Waals surface area contributed by atoms with Crippen molar-refractivity contribution in [1.82, 2.24) is 10.3 Å². The van der Waals surface area contributed by atoms with Gasteiger partial charge in [0.2, 0.25) is 5.91 Å². The summed E-state index contributed by atoms with van der Waals surface area (Å²) < 4.78 is 5.82. The minimum Gasteiger partial charge on any atom is -0.457 e. The van der Waals surface area contributed by atoms with Crippen molar-refractivity contribution < 1.29 is 9.53 Å². The van der Waals surface area contributed by atoms with E-state index in [1.54, 1.807) is 30.6 Å². The number of hydrogen-bond donors (Lipinski definition) is 1. The molecule has 1 N–H and O–H groups in total. The monoisotopic (exact) mass is 358 g/mol. The lowest BCUT2D eigenvalue weighted by Crippen LogP contribution is -2.24. The van der Waals surface area contributed by atoms with Crippen molar-refractivity contribution in [3.8, 4) is 11.5 Å². The zero-order valence-electron chi connectivity index (χ0n) is 15.4. The molecule has 136 valence electrons. The minimum atomic E-state index is -0.138. The maximum Gasteiger partial charge on any atom is 0.244 e. The smallest absolute Gasteiger partial charge is 0.244 e. The van der Waals surface area contributed by atoms with Gasteiger partial charge in [0.1, 0.15) is 11.5 Å². The van der Waals surface area contributed by atoms with Gasteiger partial charge in [0.25, 0.3) is 0 Å². The number of carbonyl (C=O) groups excluding carboxylic acids is 1. The highest BCUT2D eigenvalue weighted by Crippen LogP contribution is 2.24. The van der Waals surface area contributed by atoms with Crippen molar-refractivity contribution in [3.63, 3.8) is 0 Å². The van der Waals surface area contributed by atoms with Crippen molar-refractivity contribution in [2.45, 2.75) is 19.9 Å². The average Bonchev–Trinajstić information content (AvgIpc) is 2.67. The van der Waals surface area contributed by atoms with E-state index in [2.05, 4.69) is 10.3 Å². The molecule has 0 bridgehead atoms. The molecule has 0 aliphatic rings. The molecule has 1 amide bonds. The van der Waals surface area contributed by atoms with Crippen LogP contribution < -0.4 is 10.1 Å². The van der Waals surface area contributed by atoms with Crippen LogP contribution in [0.15, 0.2) is 79.1 Å². The molecule has 3 rings (SSSR count). The van der Waals surface area contributed by atoms with Crippen molar-refractivity contribution in [2.75, 3.05) is 0 Å². The van der Waals surface area contributed by atoms with E-state index >= 15 is 0 Å². The van der Waals surface area contributed by atoms with Crippen LogP contribution in [0, 0.1) is 6.92 Å². The molecule has 2 aromatic carbocycles. The number of aryl methyl sites for hydroxylation is 1. The minimum absolute atomic E-state index is 0.135. The van der Waals surface area contributed by atoms with Gasteiger partial charge in [-0.3, -0.25) is 9.78 Å². The number of nitrogens with one attached hydrogen (secondary N) is 1. The standard InChI is InChI=1S/C23H22N2O2/c1-17-5-3-6-19(15-17)9-10-23(26)25-18(2)20-7-4-8-22(16-20)27-21-11-13-24-14-12-21/h3-16,18H,1-2H3,(H,25,26). The number of carbonyl (C=O) groups is 1. The summed E-state index contributed by atoms with van der Waals surface area (Å²) in [6.45, 7) is 3.98. The van der Waals surface area contributed by atoms with Crippen molar-refractivity contribution in [3.05, 3.63) is 95.8 Å². The Balaban J connectivity index is 1.62. The molecule has 1 atom stereocenters. The van der Waals surface area contributed by atoms with Crippen molar-refractivity contribution in [1.29, 1.82) is 0 Å². The Labute approximate surface area is 159 Å². The van der Waals surface area contributed by atoms with Gasteiger partial charge in [-0.05, 0) is 55.3 Å². The van der Waals surface area contributed by atoms with Crippen molar-refractivity contribution >= 4 is 12.0 Å². The Kier molecular flexibility index (Phi) is 6.00. The summed E-state index contributed by atoms with van der Waals surface area (Å²) in [6, 6.07) is 19.2. The number of amides is 1. The lowest BCUT2D eigenvalue weighted by atomic mass is 10.1. The molecule has 0 aliphatic heterocycles. The Hall–Kier alpha value is -3.40. The van der Waals surface area contributed by atoms with E-state index in [-0.39, 0.29) is 11.9 Å². The van der Waals surface area contributed by atoms with Gasteiger partial charge < -0.3 is 10.1 Å². The number of rotatable bonds is 6. The van der Waals surface area contributed by atoms with E-state index in [1.165, 1.54) is 0 Å². The van der Waals surface area contributed by atoms with Crippen LogP contribution in [0.3, 0.4) is 0 Å². The number of aromatic nitrogens is 1. The van der Waals surface area contributed by atoms with Gasteiger partial charge in [0, 0.05) is 18.5 Å². The number of nitrogens with zero attached hydrogens (tertiary/aromatic N) is 1. The average molecular weight is 358 g/mol. The predicted molar refractivity (Wildman–Crippen MR) is 108 cm³/mol.